The molecule has 0 unspecified atom stereocenters. The van der Waals surface area contributed by atoms with Gasteiger partial charge in [0.2, 0.25) is 11.7 Å². The maximum atomic E-state index is 13.0. The Labute approximate surface area is 230 Å². The Morgan fingerprint density at radius 1 is 1.07 bits per heavy atom. The lowest BCUT2D eigenvalue weighted by Crippen LogP contribution is -2.59. The average molecular weight is 589 g/mol. The van der Waals surface area contributed by atoms with Gasteiger partial charge in [-0.05, 0) is 6.08 Å². The quantitative estimate of drug-likeness (QED) is 0.244. The highest BCUT2D eigenvalue weighted by atomic mass is 32.2. The first-order valence-corrected chi connectivity index (χ1v) is 13.2. The van der Waals surface area contributed by atoms with Crippen molar-refractivity contribution < 1.29 is 56.1 Å². The van der Waals surface area contributed by atoms with Gasteiger partial charge in [0, 0.05) is 54.2 Å². The van der Waals surface area contributed by atoms with Crippen LogP contribution in [-0.4, -0.2) is 104 Å². The van der Waals surface area contributed by atoms with Crippen LogP contribution in [0, 0.1) is 0 Å². The van der Waals surface area contributed by atoms with E-state index in [1.165, 1.54) is 33.3 Å². The number of amides is 1. The minimum atomic E-state index is -4.14. The third kappa shape index (κ3) is 7.78. The number of rotatable bonds is 11. The van der Waals surface area contributed by atoms with Gasteiger partial charge in [-0.15, -0.1) is 0 Å². The number of carbonyl (C=O) groups is 5. The fraction of sp³-hybridized carbons (Fsp3) is 0.565. The second kappa shape index (κ2) is 13.4. The smallest absolute Gasteiger partial charge is 0.373 e. The highest BCUT2D eigenvalue weighted by Gasteiger charge is 2.49. The summed E-state index contributed by atoms with van der Waals surface area (Å²) in [5, 5.41) is 2.62. The fourth-order valence-electron chi connectivity index (χ4n) is 3.92. The lowest BCUT2D eigenvalue weighted by atomic mass is 9.86. The van der Waals surface area contributed by atoms with Crippen molar-refractivity contribution in [2.24, 2.45) is 0 Å². The maximum absolute atomic E-state index is 13.0. The van der Waals surface area contributed by atoms with Crippen molar-refractivity contribution in [1.82, 2.24) is 18.6 Å². The normalized spacial score (nSPS) is 20.3. The molecule has 1 aliphatic heterocycles. The molecular weight excluding hydrogens is 556 g/mol. The van der Waals surface area contributed by atoms with Crippen LogP contribution in [0.3, 0.4) is 0 Å². The third-order valence-corrected chi connectivity index (χ3v) is 7.22. The van der Waals surface area contributed by atoms with Gasteiger partial charge in [0.1, 0.15) is 12.4 Å². The molecule has 1 aromatic heterocycles. The second-order valence-electron chi connectivity index (χ2n) is 8.75. The Bertz CT molecular complexity index is 1270. The Balaban J connectivity index is 2.82. The number of hydrogen-bond acceptors (Lipinski definition) is 13. The Morgan fingerprint density at radius 3 is 2.20 bits per heavy atom. The van der Waals surface area contributed by atoms with Crippen LogP contribution in [0.25, 0.3) is 0 Å². The lowest BCUT2D eigenvalue weighted by Gasteiger charge is -2.41. The minimum absolute atomic E-state index is 0.146. The van der Waals surface area contributed by atoms with Crippen LogP contribution in [0.2, 0.25) is 0 Å². The molecule has 17 heteroatoms. The summed E-state index contributed by atoms with van der Waals surface area (Å²) in [7, 11) is -0.482. The molecule has 222 valence electrons. The zero-order valence-electron chi connectivity index (χ0n) is 23.0. The SMILES string of the molecule is COC(=O)C1=C[C@@H](c2nccn2S(=O)(=O)N(C)C)[C@@H](NC(C)=O)[C@H]([C@H](OC(C)=O)[C@@H](COC(C)=O)OC(C)=O)O1. The molecule has 0 fully saturated rings. The van der Waals surface area contributed by atoms with E-state index in [4.69, 9.17) is 23.7 Å². The van der Waals surface area contributed by atoms with Crippen molar-refractivity contribution in [2.75, 3.05) is 27.8 Å². The Morgan fingerprint density at radius 2 is 1.70 bits per heavy atom. The van der Waals surface area contributed by atoms with Crippen LogP contribution < -0.4 is 5.32 Å². The molecule has 1 N–H and O–H groups in total. The van der Waals surface area contributed by atoms with Gasteiger partial charge in [-0.25, -0.2) is 13.8 Å². The van der Waals surface area contributed by atoms with Gasteiger partial charge in [0.15, 0.2) is 18.3 Å². The third-order valence-electron chi connectivity index (χ3n) is 5.49. The van der Waals surface area contributed by atoms with Gasteiger partial charge < -0.3 is 29.0 Å². The number of nitrogens with zero attached hydrogens (tertiary/aromatic N) is 3. The summed E-state index contributed by atoms with van der Waals surface area (Å²) >= 11 is 0. The van der Waals surface area contributed by atoms with Crippen LogP contribution in [0.1, 0.15) is 39.4 Å². The number of aromatic nitrogens is 2. The summed E-state index contributed by atoms with van der Waals surface area (Å²) in [6, 6.07) is -1.27. The van der Waals surface area contributed by atoms with Crippen molar-refractivity contribution in [2.45, 2.75) is 58.0 Å². The van der Waals surface area contributed by atoms with Crippen LogP contribution in [-0.2, 0) is 57.9 Å². The molecular formula is C23H32N4O12S. The van der Waals surface area contributed by atoms with E-state index in [0.29, 0.717) is 0 Å². The number of imidazole rings is 1. The van der Waals surface area contributed by atoms with E-state index in [1.54, 1.807) is 0 Å². The molecule has 16 nitrogen and oxygen atoms in total. The molecule has 1 amide bonds. The fourth-order valence-corrected chi connectivity index (χ4v) is 4.89. The molecule has 40 heavy (non-hydrogen) atoms. The van der Waals surface area contributed by atoms with Gasteiger partial charge in [-0.2, -0.15) is 12.7 Å². The average Bonchev–Trinajstić information content (AvgIpc) is 3.34. The van der Waals surface area contributed by atoms with E-state index in [9.17, 15) is 32.4 Å². The van der Waals surface area contributed by atoms with E-state index >= 15 is 0 Å². The number of nitrogens with one attached hydrogen (secondary N) is 1. The summed E-state index contributed by atoms with van der Waals surface area (Å²) < 4.78 is 54.2. The highest BCUT2D eigenvalue weighted by molar-refractivity contribution is 7.87. The molecule has 0 bridgehead atoms. The van der Waals surface area contributed by atoms with Crippen LogP contribution in [0.5, 0.6) is 0 Å². The molecule has 0 spiro atoms. The van der Waals surface area contributed by atoms with Crippen molar-refractivity contribution in [3.63, 3.8) is 0 Å². The highest BCUT2D eigenvalue weighted by Crippen LogP contribution is 2.35. The Hall–Kier alpha value is -3.99. The Kier molecular flexibility index (Phi) is 10.8. The number of ether oxygens (including phenoxy) is 5. The summed E-state index contributed by atoms with van der Waals surface area (Å²) in [6.07, 6.45) is -1.04. The molecule has 2 rings (SSSR count). The zero-order chi connectivity index (χ0) is 30.4. The van der Waals surface area contributed by atoms with Gasteiger partial charge in [-0.3, -0.25) is 19.2 Å². The van der Waals surface area contributed by atoms with Crippen molar-refractivity contribution >= 4 is 40.0 Å². The molecule has 2 heterocycles. The van der Waals surface area contributed by atoms with Gasteiger partial charge in [0.05, 0.1) is 19.1 Å². The van der Waals surface area contributed by atoms with Crippen molar-refractivity contribution in [3.8, 4) is 0 Å². The molecule has 0 saturated heterocycles. The molecule has 0 radical (unpaired) electrons. The van der Waals surface area contributed by atoms with E-state index in [2.05, 4.69) is 10.3 Å². The topological polar surface area (TPSA) is 199 Å². The first-order chi connectivity index (χ1) is 18.6. The summed E-state index contributed by atoms with van der Waals surface area (Å²) in [5.74, 6) is -5.86. The minimum Gasteiger partial charge on any atom is -0.477 e. The predicted octanol–water partition coefficient (Wildman–Crippen LogP) is -0.992. The summed E-state index contributed by atoms with van der Waals surface area (Å²) in [4.78, 5) is 64.8. The van der Waals surface area contributed by atoms with Gasteiger partial charge in [-0.1, -0.05) is 0 Å². The summed E-state index contributed by atoms with van der Waals surface area (Å²) in [6.45, 7) is 3.78. The van der Waals surface area contributed by atoms with E-state index in [0.717, 1.165) is 42.4 Å². The number of carbonyl (C=O) groups excluding carboxylic acids is 5. The maximum Gasteiger partial charge on any atom is 0.373 e. The van der Waals surface area contributed by atoms with Gasteiger partial charge in [0.25, 0.3) is 0 Å². The first-order valence-electron chi connectivity index (χ1n) is 11.8. The standard InChI is InChI=1S/C23H32N4O12S/c1-12(28)25-19-16(22-24-8-9-27(22)40(33,34)26(5)6)10-17(23(32)35-7)39-21(19)20(38-15(4)31)18(37-14(3)30)11-36-13(2)29/h8-10,16,18-21H,11H2,1-7H3,(H,25,28)/t16-,18-,19-,20-,21-/m1/s1. The van der Waals surface area contributed by atoms with E-state index in [-0.39, 0.29) is 5.82 Å². The molecule has 1 aromatic rings. The first kappa shape index (κ1) is 32.2. The van der Waals surface area contributed by atoms with E-state index < -0.39 is 82.6 Å². The van der Waals surface area contributed by atoms with Gasteiger partial charge >= 0.3 is 34.1 Å². The van der Waals surface area contributed by atoms with Crippen LogP contribution >= 0.6 is 0 Å². The molecule has 1 aliphatic rings. The molecule has 5 atom stereocenters. The van der Waals surface area contributed by atoms with Crippen molar-refractivity contribution in [1.29, 1.82) is 0 Å². The second-order valence-corrected chi connectivity index (χ2v) is 10.8. The molecule has 0 aliphatic carbocycles. The van der Waals surface area contributed by atoms with Crippen LogP contribution in [0.15, 0.2) is 24.2 Å². The number of methoxy groups -OCH3 is 1. The molecule has 0 saturated carbocycles. The molecule has 0 aromatic carbocycles. The largest absolute Gasteiger partial charge is 0.477 e. The van der Waals surface area contributed by atoms with Crippen molar-refractivity contribution in [3.05, 3.63) is 30.1 Å². The summed E-state index contributed by atoms with van der Waals surface area (Å²) in [5.41, 5.74) is 0. The zero-order valence-corrected chi connectivity index (χ0v) is 23.8. The van der Waals surface area contributed by atoms with Crippen LogP contribution in [0.4, 0.5) is 0 Å². The number of esters is 4. The predicted molar refractivity (Wildman–Crippen MR) is 133 cm³/mol. The monoisotopic (exact) mass is 588 g/mol. The lowest BCUT2D eigenvalue weighted by molar-refractivity contribution is -0.188. The number of hydrogen-bond donors (Lipinski definition) is 1. The van der Waals surface area contributed by atoms with E-state index in [1.807, 2.05) is 0 Å².